The Morgan fingerprint density at radius 3 is 2.96 bits per heavy atom. The second-order valence-electron chi connectivity index (χ2n) is 5.33. The molecule has 0 aliphatic heterocycles. The Morgan fingerprint density at radius 2 is 2.17 bits per heavy atom. The molecule has 0 saturated carbocycles. The first-order valence-corrected chi connectivity index (χ1v) is 7.42. The Balaban J connectivity index is 1.82. The molecule has 3 N–H and O–H groups in total. The second kappa shape index (κ2) is 5.26. The van der Waals surface area contributed by atoms with Crippen LogP contribution in [0.1, 0.15) is 17.7 Å². The number of aromatic amines is 1. The topological polar surface area (TPSA) is 87.0 Å². The van der Waals surface area contributed by atoms with Gasteiger partial charge < -0.3 is 19.9 Å². The summed E-state index contributed by atoms with van der Waals surface area (Å²) in [5, 5.41) is 19.7. The van der Waals surface area contributed by atoms with Crippen LogP contribution in [0.25, 0.3) is 21.8 Å². The number of fused-ring (bicyclic) bond motifs is 3. The van der Waals surface area contributed by atoms with Crippen molar-refractivity contribution in [1.82, 2.24) is 15.1 Å². The van der Waals surface area contributed by atoms with Crippen LogP contribution in [0.3, 0.4) is 0 Å². The van der Waals surface area contributed by atoms with E-state index in [0.29, 0.717) is 22.2 Å². The van der Waals surface area contributed by atoms with E-state index in [2.05, 4.69) is 20.4 Å². The van der Waals surface area contributed by atoms with Gasteiger partial charge in [-0.3, -0.25) is 4.98 Å². The van der Waals surface area contributed by atoms with Crippen molar-refractivity contribution in [2.75, 3.05) is 5.32 Å². The van der Waals surface area contributed by atoms with Crippen LogP contribution in [-0.4, -0.2) is 20.2 Å². The first kappa shape index (κ1) is 14.0. The quantitative estimate of drug-likeness (QED) is 0.498. The fourth-order valence-corrected chi connectivity index (χ4v) is 2.89. The van der Waals surface area contributed by atoms with Crippen LogP contribution in [0.2, 0.25) is 5.02 Å². The second-order valence-corrected chi connectivity index (χ2v) is 5.77. The molecule has 4 aromatic rings. The van der Waals surface area contributed by atoms with E-state index in [9.17, 15) is 5.11 Å². The molecule has 0 amide bonds. The van der Waals surface area contributed by atoms with Crippen molar-refractivity contribution in [1.29, 1.82) is 0 Å². The average molecular weight is 329 g/mol. The number of nitrogens with zero attached hydrogens (tertiary/aromatic N) is 2. The van der Waals surface area contributed by atoms with Crippen LogP contribution in [-0.2, 0) is 0 Å². The van der Waals surface area contributed by atoms with Gasteiger partial charge in [-0.1, -0.05) is 16.8 Å². The van der Waals surface area contributed by atoms with Gasteiger partial charge in [0.1, 0.15) is 11.5 Å². The summed E-state index contributed by atoms with van der Waals surface area (Å²) in [4.78, 5) is 7.41. The van der Waals surface area contributed by atoms with E-state index in [1.54, 1.807) is 31.5 Å². The van der Waals surface area contributed by atoms with Gasteiger partial charge >= 0.3 is 0 Å². The molecule has 116 valence electrons. The number of aromatic nitrogens is 3. The molecular weight excluding hydrogens is 316 g/mol. The van der Waals surface area contributed by atoms with E-state index < -0.39 is 6.23 Å². The number of H-pyrrole nitrogens is 1. The van der Waals surface area contributed by atoms with E-state index in [1.165, 1.54) is 0 Å². The van der Waals surface area contributed by atoms with Crippen molar-refractivity contribution >= 4 is 39.1 Å². The summed E-state index contributed by atoms with van der Waals surface area (Å²) >= 11 is 6.23. The van der Waals surface area contributed by atoms with Crippen molar-refractivity contribution in [2.24, 2.45) is 0 Å². The fourth-order valence-electron chi connectivity index (χ4n) is 2.67. The molecule has 1 unspecified atom stereocenters. The van der Waals surface area contributed by atoms with Gasteiger partial charge in [-0.15, -0.1) is 0 Å². The average Bonchev–Trinajstić information content (AvgIpc) is 3.11. The molecule has 0 saturated heterocycles. The summed E-state index contributed by atoms with van der Waals surface area (Å²) in [7, 11) is 0. The lowest BCUT2D eigenvalue weighted by atomic mass is 10.1. The number of rotatable bonds is 3. The predicted octanol–water partition coefficient (Wildman–Crippen LogP) is 3.77. The number of hydrogen-bond acceptors (Lipinski definition) is 5. The fraction of sp³-hybridized carbons (Fsp3) is 0.125. The lowest BCUT2D eigenvalue weighted by molar-refractivity contribution is 0.196. The molecule has 0 aliphatic rings. The summed E-state index contributed by atoms with van der Waals surface area (Å²) in [6, 6.07) is 7.23. The smallest absolute Gasteiger partial charge is 0.171 e. The molecule has 1 aromatic carbocycles. The van der Waals surface area contributed by atoms with Crippen LogP contribution in [0.4, 0.5) is 5.69 Å². The minimum absolute atomic E-state index is 0.411. The number of halogens is 1. The molecule has 3 aromatic heterocycles. The van der Waals surface area contributed by atoms with Crippen LogP contribution >= 0.6 is 11.6 Å². The number of nitrogens with one attached hydrogen (secondary N) is 2. The molecule has 0 radical (unpaired) electrons. The van der Waals surface area contributed by atoms with Gasteiger partial charge in [0.2, 0.25) is 0 Å². The number of aliphatic hydroxyl groups is 1. The standard InChI is InChI=1S/C16H13ClN4O2/c1-8-4-13(21-23-8)16(22)20-12-6-9(17)5-11-10-2-3-18-7-14(10)19-15(11)12/h2-7,16,19-20,22H,1H3. The van der Waals surface area contributed by atoms with Crippen LogP contribution in [0.5, 0.6) is 0 Å². The Hall–Kier alpha value is -2.57. The minimum atomic E-state index is -1.00. The van der Waals surface area contributed by atoms with Crippen molar-refractivity contribution in [3.63, 3.8) is 0 Å². The van der Waals surface area contributed by atoms with E-state index in [-0.39, 0.29) is 0 Å². The van der Waals surface area contributed by atoms with Crippen LogP contribution in [0, 0.1) is 6.92 Å². The zero-order chi connectivity index (χ0) is 16.0. The highest BCUT2D eigenvalue weighted by Gasteiger charge is 2.16. The summed E-state index contributed by atoms with van der Waals surface area (Å²) in [5.41, 5.74) is 2.83. The largest absolute Gasteiger partial charge is 0.368 e. The lowest BCUT2D eigenvalue weighted by Crippen LogP contribution is -2.10. The number of hydrogen-bond donors (Lipinski definition) is 3. The predicted molar refractivity (Wildman–Crippen MR) is 88.4 cm³/mol. The zero-order valence-electron chi connectivity index (χ0n) is 12.2. The maximum atomic E-state index is 10.3. The molecule has 0 bridgehead atoms. The number of pyridine rings is 1. The molecule has 0 spiro atoms. The zero-order valence-corrected chi connectivity index (χ0v) is 12.9. The molecule has 23 heavy (non-hydrogen) atoms. The van der Waals surface area contributed by atoms with E-state index in [0.717, 1.165) is 21.8 Å². The van der Waals surface area contributed by atoms with Gasteiger partial charge in [0, 0.05) is 28.1 Å². The van der Waals surface area contributed by atoms with Gasteiger partial charge in [-0.25, -0.2) is 0 Å². The van der Waals surface area contributed by atoms with Crippen molar-refractivity contribution in [2.45, 2.75) is 13.2 Å². The molecule has 1 atom stereocenters. The van der Waals surface area contributed by atoms with E-state index in [1.807, 2.05) is 12.1 Å². The third-order valence-corrected chi connectivity index (χ3v) is 3.91. The van der Waals surface area contributed by atoms with Crippen LogP contribution in [0.15, 0.2) is 41.2 Å². The summed E-state index contributed by atoms with van der Waals surface area (Å²) in [6.07, 6.45) is 2.49. The number of anilines is 1. The van der Waals surface area contributed by atoms with Gasteiger partial charge in [-0.05, 0) is 25.1 Å². The normalized spacial score (nSPS) is 12.8. The molecule has 3 heterocycles. The van der Waals surface area contributed by atoms with E-state index >= 15 is 0 Å². The lowest BCUT2D eigenvalue weighted by Gasteiger charge is -2.12. The minimum Gasteiger partial charge on any atom is -0.368 e. The maximum absolute atomic E-state index is 10.3. The SMILES string of the molecule is Cc1cc(C(O)Nc2cc(Cl)cc3c2[nH]c2cnccc23)no1. The van der Waals surface area contributed by atoms with Crippen molar-refractivity contribution < 1.29 is 9.63 Å². The number of aryl methyl sites for hydroxylation is 1. The van der Waals surface area contributed by atoms with Crippen molar-refractivity contribution in [3.8, 4) is 0 Å². The highest BCUT2D eigenvalue weighted by molar-refractivity contribution is 6.32. The van der Waals surface area contributed by atoms with Gasteiger partial charge in [0.25, 0.3) is 0 Å². The molecule has 4 rings (SSSR count). The third kappa shape index (κ3) is 2.42. The molecule has 0 fully saturated rings. The van der Waals surface area contributed by atoms with E-state index in [4.69, 9.17) is 16.1 Å². The van der Waals surface area contributed by atoms with Crippen LogP contribution < -0.4 is 5.32 Å². The molecular formula is C16H13ClN4O2. The molecule has 6 nitrogen and oxygen atoms in total. The first-order chi connectivity index (χ1) is 11.1. The molecule has 0 aliphatic carbocycles. The Labute approximate surface area is 136 Å². The number of aliphatic hydroxyl groups excluding tert-OH is 1. The van der Waals surface area contributed by atoms with Gasteiger partial charge in [-0.2, -0.15) is 0 Å². The maximum Gasteiger partial charge on any atom is 0.171 e. The summed E-state index contributed by atoms with van der Waals surface area (Å²) in [6.45, 7) is 1.77. The first-order valence-electron chi connectivity index (χ1n) is 7.04. The van der Waals surface area contributed by atoms with Gasteiger partial charge in [0.15, 0.2) is 6.23 Å². The Kier molecular flexibility index (Phi) is 3.21. The number of benzene rings is 1. The monoisotopic (exact) mass is 328 g/mol. The highest BCUT2D eigenvalue weighted by Crippen LogP contribution is 2.34. The summed E-state index contributed by atoms with van der Waals surface area (Å²) < 4.78 is 4.99. The third-order valence-electron chi connectivity index (χ3n) is 3.69. The van der Waals surface area contributed by atoms with Gasteiger partial charge in [0.05, 0.1) is 22.9 Å². The highest BCUT2D eigenvalue weighted by atomic mass is 35.5. The molecule has 7 heteroatoms. The Bertz CT molecular complexity index is 1010. The van der Waals surface area contributed by atoms with Crippen molar-refractivity contribution in [3.05, 3.63) is 53.1 Å². The summed E-state index contributed by atoms with van der Waals surface area (Å²) in [5.74, 6) is 0.633. The Morgan fingerprint density at radius 1 is 1.30 bits per heavy atom.